The van der Waals surface area contributed by atoms with Crippen LogP contribution < -0.4 is 19.7 Å². The number of carbonyl (C=O) groups excluding carboxylic acids is 1. The molecule has 46 heavy (non-hydrogen) atoms. The molecule has 3 heterocycles. The lowest BCUT2D eigenvalue weighted by Crippen LogP contribution is -2.39. The highest BCUT2D eigenvalue weighted by Gasteiger charge is 2.37. The first kappa shape index (κ1) is 34.9. The van der Waals surface area contributed by atoms with Crippen molar-refractivity contribution in [2.75, 3.05) is 43.6 Å². The first-order chi connectivity index (χ1) is 21.7. The number of halogens is 1. The molecule has 1 aromatic carbocycles. The van der Waals surface area contributed by atoms with Crippen molar-refractivity contribution < 1.29 is 28.1 Å². The number of aryl methyl sites for hydroxylation is 1. The smallest absolute Gasteiger partial charge is 0.340 e. The molecular weight excluding hydrogens is 587 g/mol. The van der Waals surface area contributed by atoms with Crippen molar-refractivity contribution in [1.29, 1.82) is 0 Å². The van der Waals surface area contributed by atoms with E-state index in [1.54, 1.807) is 12.3 Å². The van der Waals surface area contributed by atoms with Crippen molar-refractivity contribution in [2.24, 2.45) is 5.41 Å². The van der Waals surface area contributed by atoms with Crippen LogP contribution in [0.4, 0.5) is 15.8 Å². The van der Waals surface area contributed by atoms with Crippen molar-refractivity contribution in [1.82, 2.24) is 9.97 Å². The summed E-state index contributed by atoms with van der Waals surface area (Å²) in [5.41, 5.74) is 4.35. The lowest BCUT2D eigenvalue weighted by molar-refractivity contribution is -0.171. The normalized spacial score (nSPS) is 15.4. The molecule has 250 valence electrons. The number of benzene rings is 1. The van der Waals surface area contributed by atoms with Crippen LogP contribution in [0, 0.1) is 18.2 Å². The second kappa shape index (κ2) is 14.7. The summed E-state index contributed by atoms with van der Waals surface area (Å²) in [6.45, 7) is 18.5. The van der Waals surface area contributed by atoms with E-state index in [0.717, 1.165) is 59.8 Å². The standard InChI is InChI=1S/C36H49FN4O5/c1-23(2)45-34(42)33(46-35(4,5)6)31-24(3)39-22-27(32(31)41-17-14-36(7,8)15-18-41)28-12-11-26(21-40-28)38-16-19-44-29-13-10-25(37)20-30(29)43-9/h10-13,20-23,33,38H,14-19H2,1-9H3/t33-/m0/s1. The minimum absolute atomic E-state index is 0.230. The number of nitrogens with one attached hydrogen (secondary N) is 1. The molecule has 1 N–H and O–H groups in total. The number of hydrogen-bond acceptors (Lipinski definition) is 9. The first-order valence-corrected chi connectivity index (χ1v) is 16.0. The quantitative estimate of drug-likeness (QED) is 0.160. The molecule has 0 amide bonds. The van der Waals surface area contributed by atoms with E-state index < -0.39 is 17.7 Å². The number of anilines is 2. The summed E-state index contributed by atoms with van der Waals surface area (Å²) in [5, 5.41) is 3.32. The molecule has 2 aromatic heterocycles. The summed E-state index contributed by atoms with van der Waals surface area (Å²) >= 11 is 0. The van der Waals surface area contributed by atoms with Crippen LogP contribution >= 0.6 is 0 Å². The average molecular weight is 637 g/mol. The lowest BCUT2D eigenvalue weighted by atomic mass is 9.82. The number of methoxy groups -OCH3 is 1. The van der Waals surface area contributed by atoms with E-state index >= 15 is 0 Å². The minimum Gasteiger partial charge on any atom is -0.493 e. The molecule has 0 aliphatic carbocycles. The number of carbonyl (C=O) groups is 1. The van der Waals surface area contributed by atoms with E-state index in [1.165, 1.54) is 19.2 Å². The van der Waals surface area contributed by atoms with E-state index in [0.29, 0.717) is 24.7 Å². The zero-order valence-electron chi connectivity index (χ0n) is 28.7. The molecule has 1 atom stereocenters. The number of esters is 1. The molecule has 1 saturated heterocycles. The average Bonchev–Trinajstić information content (AvgIpc) is 2.98. The van der Waals surface area contributed by atoms with Crippen LogP contribution in [0.5, 0.6) is 11.5 Å². The number of aromatic nitrogens is 2. The van der Waals surface area contributed by atoms with Crippen molar-refractivity contribution in [3.63, 3.8) is 0 Å². The molecule has 3 aromatic rings. The second-order valence-electron chi connectivity index (χ2n) is 13.8. The molecule has 1 aliphatic rings. The molecule has 0 spiro atoms. The van der Waals surface area contributed by atoms with E-state index in [9.17, 15) is 9.18 Å². The summed E-state index contributed by atoms with van der Waals surface area (Å²) in [6, 6.07) is 8.09. The van der Waals surface area contributed by atoms with Crippen LogP contribution in [0.3, 0.4) is 0 Å². The van der Waals surface area contributed by atoms with Gasteiger partial charge in [0.25, 0.3) is 0 Å². The van der Waals surface area contributed by atoms with Crippen LogP contribution in [-0.2, 0) is 14.3 Å². The van der Waals surface area contributed by atoms with E-state index in [2.05, 4.69) is 24.1 Å². The summed E-state index contributed by atoms with van der Waals surface area (Å²) in [4.78, 5) is 25.6. The maximum atomic E-state index is 13.6. The second-order valence-corrected chi connectivity index (χ2v) is 13.8. The van der Waals surface area contributed by atoms with Gasteiger partial charge in [-0.15, -0.1) is 0 Å². The van der Waals surface area contributed by atoms with E-state index in [1.807, 2.05) is 59.9 Å². The van der Waals surface area contributed by atoms with Gasteiger partial charge in [0, 0.05) is 48.7 Å². The molecule has 1 aliphatic heterocycles. The fourth-order valence-electron chi connectivity index (χ4n) is 5.43. The fraction of sp³-hybridized carbons (Fsp3) is 0.528. The highest BCUT2D eigenvalue weighted by Crippen LogP contribution is 2.43. The lowest BCUT2D eigenvalue weighted by Gasteiger charge is -2.41. The Morgan fingerprint density at radius 2 is 1.78 bits per heavy atom. The zero-order chi connectivity index (χ0) is 33.6. The van der Waals surface area contributed by atoms with Crippen LogP contribution in [-0.4, -0.2) is 61.0 Å². The van der Waals surface area contributed by atoms with Crippen molar-refractivity contribution in [3.8, 4) is 22.8 Å². The molecule has 0 bridgehead atoms. The molecule has 0 unspecified atom stereocenters. The predicted octanol–water partition coefficient (Wildman–Crippen LogP) is 7.52. The van der Waals surface area contributed by atoms with Gasteiger partial charge in [-0.2, -0.15) is 0 Å². The Morgan fingerprint density at radius 3 is 2.39 bits per heavy atom. The van der Waals surface area contributed by atoms with Gasteiger partial charge in [0.1, 0.15) is 12.4 Å². The molecule has 10 heteroatoms. The number of piperidine rings is 1. The Hall–Kier alpha value is -3.92. The number of ether oxygens (including phenoxy) is 4. The third-order valence-electron chi connectivity index (χ3n) is 7.87. The molecule has 0 saturated carbocycles. The van der Waals surface area contributed by atoms with Gasteiger partial charge in [0.2, 0.25) is 0 Å². The Bertz CT molecular complexity index is 1480. The third-order valence-corrected chi connectivity index (χ3v) is 7.87. The van der Waals surface area contributed by atoms with Gasteiger partial charge in [-0.05, 0) is 84.1 Å². The van der Waals surface area contributed by atoms with E-state index in [4.69, 9.17) is 28.9 Å². The summed E-state index contributed by atoms with van der Waals surface area (Å²) < 4.78 is 36.7. The SMILES string of the molecule is COc1cc(F)ccc1OCCNc1ccc(-c2cnc(C)c([C@H](OC(C)(C)C)C(=O)OC(C)C)c2N2CCC(C)(C)CC2)nc1. The molecule has 0 radical (unpaired) electrons. The van der Waals surface area contributed by atoms with Gasteiger partial charge in [-0.25, -0.2) is 9.18 Å². The zero-order valence-corrected chi connectivity index (χ0v) is 28.7. The minimum atomic E-state index is -0.958. The Kier molecular flexibility index (Phi) is 11.1. The van der Waals surface area contributed by atoms with Crippen LogP contribution in [0.15, 0.2) is 42.7 Å². The fourth-order valence-corrected chi connectivity index (χ4v) is 5.43. The number of pyridine rings is 2. The highest BCUT2D eigenvalue weighted by atomic mass is 19.1. The Labute approximate surface area is 272 Å². The molecule has 4 rings (SSSR count). The van der Waals surface area contributed by atoms with Gasteiger partial charge >= 0.3 is 5.97 Å². The van der Waals surface area contributed by atoms with Crippen molar-refractivity contribution in [3.05, 3.63) is 59.8 Å². The van der Waals surface area contributed by atoms with Gasteiger partial charge in [0.05, 0.1) is 42.1 Å². The summed E-state index contributed by atoms with van der Waals surface area (Å²) in [7, 11) is 1.48. The van der Waals surface area contributed by atoms with Crippen LogP contribution in [0.2, 0.25) is 0 Å². The molecule has 1 fully saturated rings. The van der Waals surface area contributed by atoms with Gasteiger partial charge in [-0.3, -0.25) is 9.97 Å². The third kappa shape index (κ3) is 9.09. The first-order valence-electron chi connectivity index (χ1n) is 16.0. The van der Waals surface area contributed by atoms with Crippen LogP contribution in [0.25, 0.3) is 11.3 Å². The van der Waals surface area contributed by atoms with E-state index in [-0.39, 0.29) is 17.3 Å². The summed E-state index contributed by atoms with van der Waals surface area (Å²) in [5.74, 6) is 0.00207. The molecular formula is C36H49FN4O5. The van der Waals surface area contributed by atoms with Crippen molar-refractivity contribution in [2.45, 2.75) is 86.0 Å². The monoisotopic (exact) mass is 636 g/mol. The largest absolute Gasteiger partial charge is 0.493 e. The molecule has 9 nitrogen and oxygen atoms in total. The maximum absolute atomic E-state index is 13.6. The summed E-state index contributed by atoms with van der Waals surface area (Å²) in [6.07, 6.45) is 4.38. The Morgan fingerprint density at radius 1 is 1.07 bits per heavy atom. The number of nitrogens with zero attached hydrogens (tertiary/aromatic N) is 3. The number of hydrogen-bond donors (Lipinski definition) is 1. The topological polar surface area (TPSA) is 95.0 Å². The van der Waals surface area contributed by atoms with Gasteiger partial charge in [-0.1, -0.05) is 13.8 Å². The van der Waals surface area contributed by atoms with Crippen molar-refractivity contribution >= 4 is 17.3 Å². The van der Waals surface area contributed by atoms with Gasteiger partial charge < -0.3 is 29.2 Å². The predicted molar refractivity (Wildman–Crippen MR) is 179 cm³/mol. The highest BCUT2D eigenvalue weighted by molar-refractivity contribution is 5.86. The Balaban J connectivity index is 1.64. The maximum Gasteiger partial charge on any atom is 0.340 e. The van der Waals surface area contributed by atoms with Crippen LogP contribution in [0.1, 0.15) is 78.7 Å². The number of rotatable bonds is 12. The van der Waals surface area contributed by atoms with Gasteiger partial charge in [0.15, 0.2) is 17.6 Å².